The molecular weight excluding hydrogens is 400 g/mol. The second kappa shape index (κ2) is 4.49. The molecular formula is C15H13IrN2-. The SMILES string of the molecule is [Ir].[c-]1cccc2ccn3cc(CC4CC4)nc3c12. The van der Waals surface area contributed by atoms with Crippen LogP contribution < -0.4 is 0 Å². The van der Waals surface area contributed by atoms with E-state index in [-0.39, 0.29) is 20.1 Å². The molecule has 0 aliphatic heterocycles. The standard InChI is InChI=1S/C15H13N2.Ir/c1-2-4-14-12(3-1)7-8-17-10-13(16-15(14)17)9-11-5-6-11;/h1-3,7-8,10-11H,5-6,9H2;/q-1;. The minimum absolute atomic E-state index is 0. The molecule has 4 rings (SSSR count). The monoisotopic (exact) mass is 414 g/mol. The molecule has 0 N–H and O–H groups in total. The zero-order valence-electron chi connectivity index (χ0n) is 9.89. The van der Waals surface area contributed by atoms with Crippen LogP contribution in [-0.2, 0) is 26.5 Å². The van der Waals surface area contributed by atoms with E-state index in [0.717, 1.165) is 23.4 Å². The maximum absolute atomic E-state index is 4.75. The topological polar surface area (TPSA) is 17.3 Å². The van der Waals surface area contributed by atoms with Crippen molar-refractivity contribution in [2.24, 2.45) is 5.92 Å². The van der Waals surface area contributed by atoms with E-state index < -0.39 is 0 Å². The predicted octanol–water partition coefficient (Wildman–Crippen LogP) is 3.24. The fourth-order valence-electron chi connectivity index (χ4n) is 2.40. The Labute approximate surface area is 119 Å². The van der Waals surface area contributed by atoms with Gasteiger partial charge in [0.2, 0.25) is 0 Å². The molecule has 2 heterocycles. The zero-order valence-corrected chi connectivity index (χ0v) is 12.3. The van der Waals surface area contributed by atoms with Gasteiger partial charge in [0.25, 0.3) is 0 Å². The molecule has 1 radical (unpaired) electrons. The number of hydrogen-bond acceptors (Lipinski definition) is 1. The van der Waals surface area contributed by atoms with Gasteiger partial charge < -0.3 is 4.40 Å². The van der Waals surface area contributed by atoms with Crippen LogP contribution in [0.1, 0.15) is 18.5 Å². The third-order valence-corrected chi connectivity index (χ3v) is 3.50. The number of aromatic nitrogens is 2. The molecule has 3 aromatic rings. The number of fused-ring (bicyclic) bond motifs is 3. The third-order valence-electron chi connectivity index (χ3n) is 3.50. The average molecular weight is 414 g/mol. The molecule has 3 heteroatoms. The molecule has 0 saturated heterocycles. The van der Waals surface area contributed by atoms with Crippen molar-refractivity contribution < 1.29 is 20.1 Å². The summed E-state index contributed by atoms with van der Waals surface area (Å²) in [6.45, 7) is 0. The Balaban J connectivity index is 0.000001000. The molecule has 18 heavy (non-hydrogen) atoms. The van der Waals surface area contributed by atoms with Crippen LogP contribution in [0.25, 0.3) is 16.4 Å². The average Bonchev–Trinajstić information content (AvgIpc) is 3.06. The summed E-state index contributed by atoms with van der Waals surface area (Å²) in [4.78, 5) is 4.75. The van der Waals surface area contributed by atoms with Crippen molar-refractivity contribution in [2.45, 2.75) is 19.3 Å². The Morgan fingerprint density at radius 2 is 2.22 bits per heavy atom. The summed E-state index contributed by atoms with van der Waals surface area (Å²) in [5, 5.41) is 2.33. The summed E-state index contributed by atoms with van der Waals surface area (Å²) in [6, 6.07) is 11.5. The minimum Gasteiger partial charge on any atom is -0.347 e. The number of hydrogen-bond donors (Lipinski definition) is 0. The fraction of sp³-hybridized carbons (Fsp3) is 0.267. The Hall–Kier alpha value is -1.18. The van der Waals surface area contributed by atoms with Crippen LogP contribution in [0, 0.1) is 12.0 Å². The molecule has 2 aromatic heterocycles. The van der Waals surface area contributed by atoms with Gasteiger partial charge in [-0.05, 0) is 31.4 Å². The van der Waals surface area contributed by atoms with E-state index in [1.807, 2.05) is 12.1 Å². The van der Waals surface area contributed by atoms with Crippen molar-refractivity contribution in [1.82, 2.24) is 9.38 Å². The molecule has 1 saturated carbocycles. The van der Waals surface area contributed by atoms with E-state index in [4.69, 9.17) is 4.98 Å². The van der Waals surface area contributed by atoms with Gasteiger partial charge in [-0.2, -0.15) is 0 Å². The van der Waals surface area contributed by atoms with Gasteiger partial charge >= 0.3 is 0 Å². The van der Waals surface area contributed by atoms with Crippen LogP contribution in [0.5, 0.6) is 0 Å². The molecule has 0 spiro atoms. The molecule has 1 aromatic carbocycles. The van der Waals surface area contributed by atoms with Crippen molar-refractivity contribution >= 4 is 16.4 Å². The third kappa shape index (κ3) is 1.98. The Kier molecular flexibility index (Phi) is 2.96. The molecule has 93 valence electrons. The van der Waals surface area contributed by atoms with Crippen LogP contribution >= 0.6 is 0 Å². The van der Waals surface area contributed by atoms with Crippen molar-refractivity contribution in [2.75, 3.05) is 0 Å². The molecule has 1 aliphatic carbocycles. The summed E-state index contributed by atoms with van der Waals surface area (Å²) in [5.74, 6) is 0.884. The van der Waals surface area contributed by atoms with Crippen molar-refractivity contribution in [1.29, 1.82) is 0 Å². The molecule has 0 bridgehead atoms. The Bertz CT molecular complexity index is 698. The van der Waals surface area contributed by atoms with E-state index in [9.17, 15) is 0 Å². The smallest absolute Gasteiger partial charge is 0.0607 e. The maximum Gasteiger partial charge on any atom is 0.0607 e. The van der Waals surface area contributed by atoms with Crippen LogP contribution in [0.3, 0.4) is 0 Å². The first-order valence-corrected chi connectivity index (χ1v) is 6.17. The van der Waals surface area contributed by atoms with Crippen molar-refractivity contribution in [3.63, 3.8) is 0 Å². The van der Waals surface area contributed by atoms with Crippen LogP contribution in [0.15, 0.2) is 36.7 Å². The number of pyridine rings is 1. The first kappa shape index (κ1) is 11.9. The summed E-state index contributed by atoms with van der Waals surface area (Å²) in [6.07, 6.45) is 8.14. The van der Waals surface area contributed by atoms with Crippen molar-refractivity contribution in [3.05, 3.63) is 48.4 Å². The van der Waals surface area contributed by atoms with E-state index in [1.165, 1.54) is 23.9 Å². The normalized spacial score (nSPS) is 14.9. The van der Waals surface area contributed by atoms with Gasteiger partial charge in [0.15, 0.2) is 0 Å². The first-order valence-electron chi connectivity index (χ1n) is 6.17. The van der Waals surface area contributed by atoms with Crippen LogP contribution in [0.2, 0.25) is 0 Å². The molecule has 1 fully saturated rings. The van der Waals surface area contributed by atoms with E-state index >= 15 is 0 Å². The van der Waals surface area contributed by atoms with E-state index in [0.29, 0.717) is 0 Å². The number of imidazole rings is 1. The molecule has 2 nitrogen and oxygen atoms in total. The van der Waals surface area contributed by atoms with Gasteiger partial charge in [-0.25, -0.2) is 0 Å². The minimum atomic E-state index is 0. The fourth-order valence-corrected chi connectivity index (χ4v) is 2.40. The Morgan fingerprint density at radius 1 is 1.33 bits per heavy atom. The second-order valence-electron chi connectivity index (χ2n) is 4.93. The van der Waals surface area contributed by atoms with Crippen molar-refractivity contribution in [3.8, 4) is 0 Å². The van der Waals surface area contributed by atoms with Gasteiger partial charge in [-0.1, -0.05) is 6.07 Å². The van der Waals surface area contributed by atoms with E-state index in [1.54, 1.807) is 0 Å². The van der Waals surface area contributed by atoms with E-state index in [2.05, 4.69) is 35.0 Å². The van der Waals surface area contributed by atoms with Gasteiger partial charge in [0, 0.05) is 32.0 Å². The van der Waals surface area contributed by atoms with Crippen LogP contribution in [0.4, 0.5) is 0 Å². The molecule has 0 unspecified atom stereocenters. The largest absolute Gasteiger partial charge is 0.347 e. The quantitative estimate of drug-likeness (QED) is 0.590. The summed E-state index contributed by atoms with van der Waals surface area (Å²) < 4.78 is 2.12. The van der Waals surface area contributed by atoms with Gasteiger partial charge in [-0.15, -0.1) is 35.0 Å². The predicted molar refractivity (Wildman–Crippen MR) is 68.0 cm³/mol. The summed E-state index contributed by atoms with van der Waals surface area (Å²) >= 11 is 0. The first-order chi connectivity index (χ1) is 8.40. The number of nitrogens with zero attached hydrogens (tertiary/aromatic N) is 2. The molecule has 0 amide bonds. The zero-order chi connectivity index (χ0) is 11.2. The van der Waals surface area contributed by atoms with Gasteiger partial charge in [0.1, 0.15) is 0 Å². The number of benzene rings is 1. The van der Waals surface area contributed by atoms with Gasteiger partial charge in [-0.3, -0.25) is 4.98 Å². The summed E-state index contributed by atoms with van der Waals surface area (Å²) in [7, 11) is 0. The summed E-state index contributed by atoms with van der Waals surface area (Å²) in [5.41, 5.74) is 2.26. The maximum atomic E-state index is 4.75. The van der Waals surface area contributed by atoms with Crippen LogP contribution in [-0.4, -0.2) is 9.38 Å². The Morgan fingerprint density at radius 3 is 3.06 bits per heavy atom. The number of rotatable bonds is 2. The van der Waals surface area contributed by atoms with Gasteiger partial charge in [0.05, 0.1) is 5.65 Å². The second-order valence-corrected chi connectivity index (χ2v) is 4.93. The molecule has 1 aliphatic rings. The molecule has 0 atom stereocenters.